The quantitative estimate of drug-likeness (QED) is 0.699. The van der Waals surface area contributed by atoms with Crippen molar-refractivity contribution in [3.8, 4) is 0 Å². The molecule has 0 fully saturated rings. The van der Waals surface area contributed by atoms with Crippen LogP contribution in [0, 0.1) is 5.92 Å². The van der Waals surface area contributed by atoms with E-state index >= 15 is 0 Å². The van der Waals surface area contributed by atoms with Crippen molar-refractivity contribution in [3.63, 3.8) is 0 Å². The van der Waals surface area contributed by atoms with E-state index in [0.717, 1.165) is 19.5 Å². The van der Waals surface area contributed by atoms with Crippen LogP contribution in [-0.2, 0) is 13.6 Å². The first-order chi connectivity index (χ1) is 6.74. The number of aryl methyl sites for hydroxylation is 1. The maximum absolute atomic E-state index is 8.72. The summed E-state index contributed by atoms with van der Waals surface area (Å²) >= 11 is 0. The van der Waals surface area contributed by atoms with E-state index in [1.165, 1.54) is 5.69 Å². The first kappa shape index (κ1) is 11.2. The second-order valence-corrected chi connectivity index (χ2v) is 3.69. The van der Waals surface area contributed by atoms with Gasteiger partial charge in [-0.05, 0) is 24.9 Å². The van der Waals surface area contributed by atoms with Crippen LogP contribution >= 0.6 is 0 Å². The van der Waals surface area contributed by atoms with E-state index in [0.29, 0.717) is 5.92 Å². The molecular formula is C10H19N3O. The van der Waals surface area contributed by atoms with Crippen molar-refractivity contribution in [1.82, 2.24) is 15.1 Å². The fourth-order valence-electron chi connectivity index (χ4n) is 1.34. The maximum atomic E-state index is 8.72. The monoisotopic (exact) mass is 197 g/mol. The Bertz CT molecular complexity index is 260. The lowest BCUT2D eigenvalue weighted by Crippen LogP contribution is -2.22. The number of aliphatic hydroxyl groups excluding tert-OH is 1. The lowest BCUT2D eigenvalue weighted by molar-refractivity contribution is 0.260. The highest BCUT2D eigenvalue weighted by Crippen LogP contribution is 2.00. The second-order valence-electron chi connectivity index (χ2n) is 3.69. The topological polar surface area (TPSA) is 50.1 Å². The first-order valence-corrected chi connectivity index (χ1v) is 5.02. The lowest BCUT2D eigenvalue weighted by atomic mass is 10.1. The van der Waals surface area contributed by atoms with Gasteiger partial charge in [0.25, 0.3) is 0 Å². The summed E-state index contributed by atoms with van der Waals surface area (Å²) in [7, 11) is 1.94. The van der Waals surface area contributed by atoms with E-state index in [9.17, 15) is 0 Å². The molecule has 0 saturated heterocycles. The SMILES string of the molecule is CC(CCO)CNCc1ccnn1C. The van der Waals surface area contributed by atoms with E-state index in [1.807, 2.05) is 17.8 Å². The van der Waals surface area contributed by atoms with Crippen LogP contribution in [0.15, 0.2) is 12.3 Å². The fraction of sp³-hybridized carbons (Fsp3) is 0.700. The van der Waals surface area contributed by atoms with Gasteiger partial charge >= 0.3 is 0 Å². The number of aromatic nitrogens is 2. The second kappa shape index (κ2) is 5.78. The number of hydrogen-bond donors (Lipinski definition) is 2. The Morgan fingerprint density at radius 3 is 3.00 bits per heavy atom. The molecular weight excluding hydrogens is 178 g/mol. The number of nitrogens with one attached hydrogen (secondary N) is 1. The van der Waals surface area contributed by atoms with Crippen molar-refractivity contribution in [1.29, 1.82) is 0 Å². The molecule has 4 nitrogen and oxygen atoms in total. The van der Waals surface area contributed by atoms with Gasteiger partial charge in [0, 0.05) is 26.4 Å². The minimum Gasteiger partial charge on any atom is -0.396 e. The third-order valence-electron chi connectivity index (χ3n) is 2.34. The van der Waals surface area contributed by atoms with E-state index in [4.69, 9.17) is 5.11 Å². The van der Waals surface area contributed by atoms with Crippen LogP contribution in [0.5, 0.6) is 0 Å². The standard InChI is InChI=1S/C10H19N3O/c1-9(4-6-14)7-11-8-10-3-5-12-13(10)2/h3,5,9,11,14H,4,6-8H2,1-2H3. The van der Waals surface area contributed by atoms with Crippen LogP contribution in [0.25, 0.3) is 0 Å². The van der Waals surface area contributed by atoms with Gasteiger partial charge in [-0.2, -0.15) is 5.10 Å². The van der Waals surface area contributed by atoms with E-state index in [-0.39, 0.29) is 6.61 Å². The van der Waals surface area contributed by atoms with Gasteiger partial charge in [0.2, 0.25) is 0 Å². The molecule has 80 valence electrons. The van der Waals surface area contributed by atoms with Crippen molar-refractivity contribution >= 4 is 0 Å². The molecule has 14 heavy (non-hydrogen) atoms. The summed E-state index contributed by atoms with van der Waals surface area (Å²) < 4.78 is 1.86. The zero-order valence-electron chi connectivity index (χ0n) is 8.90. The van der Waals surface area contributed by atoms with Crippen molar-refractivity contribution in [2.75, 3.05) is 13.2 Å². The van der Waals surface area contributed by atoms with Gasteiger partial charge in [-0.3, -0.25) is 4.68 Å². The van der Waals surface area contributed by atoms with Gasteiger partial charge in [0.15, 0.2) is 0 Å². The molecule has 0 saturated carbocycles. The Balaban J connectivity index is 2.19. The normalized spacial score (nSPS) is 13.1. The minimum atomic E-state index is 0.272. The zero-order chi connectivity index (χ0) is 10.4. The molecule has 1 atom stereocenters. The molecule has 0 aliphatic carbocycles. The predicted octanol–water partition coefficient (Wildman–Crippen LogP) is 0.528. The first-order valence-electron chi connectivity index (χ1n) is 5.02. The molecule has 1 aromatic rings. The summed E-state index contributed by atoms with van der Waals surface area (Å²) in [5, 5.41) is 16.2. The van der Waals surface area contributed by atoms with Crippen LogP contribution in [0.1, 0.15) is 19.0 Å². The number of hydrogen-bond acceptors (Lipinski definition) is 3. The third-order valence-corrected chi connectivity index (χ3v) is 2.34. The van der Waals surface area contributed by atoms with Crippen LogP contribution < -0.4 is 5.32 Å². The summed E-state index contributed by atoms with van der Waals surface area (Å²) in [6.45, 7) is 4.18. The molecule has 1 rings (SSSR count). The Morgan fingerprint density at radius 2 is 2.43 bits per heavy atom. The summed E-state index contributed by atoms with van der Waals surface area (Å²) in [4.78, 5) is 0. The predicted molar refractivity (Wildman–Crippen MR) is 55.8 cm³/mol. The van der Waals surface area contributed by atoms with Crippen molar-refractivity contribution < 1.29 is 5.11 Å². The van der Waals surface area contributed by atoms with E-state index in [1.54, 1.807) is 6.20 Å². The largest absolute Gasteiger partial charge is 0.396 e. The fourth-order valence-corrected chi connectivity index (χ4v) is 1.34. The summed E-state index contributed by atoms with van der Waals surface area (Å²) in [6.07, 6.45) is 2.66. The van der Waals surface area contributed by atoms with Gasteiger partial charge in [-0.1, -0.05) is 6.92 Å². The molecule has 2 N–H and O–H groups in total. The summed E-state index contributed by atoms with van der Waals surface area (Å²) in [5.74, 6) is 0.522. The van der Waals surface area contributed by atoms with Crippen LogP contribution in [0.3, 0.4) is 0 Å². The van der Waals surface area contributed by atoms with Crippen LogP contribution in [0.2, 0.25) is 0 Å². The van der Waals surface area contributed by atoms with E-state index < -0.39 is 0 Å². The molecule has 1 unspecified atom stereocenters. The maximum Gasteiger partial charge on any atom is 0.0518 e. The molecule has 0 amide bonds. The minimum absolute atomic E-state index is 0.272. The van der Waals surface area contributed by atoms with Gasteiger partial charge in [0.05, 0.1) is 5.69 Å². The average Bonchev–Trinajstić information content (AvgIpc) is 2.52. The molecule has 1 heterocycles. The average molecular weight is 197 g/mol. The molecule has 0 spiro atoms. The zero-order valence-corrected chi connectivity index (χ0v) is 8.90. The Hall–Kier alpha value is -0.870. The number of rotatable bonds is 6. The summed E-state index contributed by atoms with van der Waals surface area (Å²) in [5.41, 5.74) is 1.18. The van der Waals surface area contributed by atoms with Crippen molar-refractivity contribution in [3.05, 3.63) is 18.0 Å². The molecule has 0 aromatic carbocycles. The Kier molecular flexibility index (Phi) is 4.62. The van der Waals surface area contributed by atoms with Gasteiger partial charge in [0.1, 0.15) is 0 Å². The highest BCUT2D eigenvalue weighted by atomic mass is 16.3. The van der Waals surface area contributed by atoms with Gasteiger partial charge < -0.3 is 10.4 Å². The van der Waals surface area contributed by atoms with Crippen molar-refractivity contribution in [2.45, 2.75) is 19.9 Å². The third kappa shape index (κ3) is 3.47. The van der Waals surface area contributed by atoms with Crippen molar-refractivity contribution in [2.24, 2.45) is 13.0 Å². The van der Waals surface area contributed by atoms with E-state index in [2.05, 4.69) is 17.3 Å². The van der Waals surface area contributed by atoms with Crippen LogP contribution in [-0.4, -0.2) is 28.0 Å². The number of aliphatic hydroxyl groups is 1. The highest BCUT2D eigenvalue weighted by molar-refractivity contribution is 4.98. The summed E-state index contributed by atoms with van der Waals surface area (Å²) in [6, 6.07) is 2.00. The molecule has 4 heteroatoms. The molecule has 0 radical (unpaired) electrons. The van der Waals surface area contributed by atoms with Gasteiger partial charge in [-0.15, -0.1) is 0 Å². The molecule has 1 aromatic heterocycles. The Labute approximate surface area is 84.9 Å². The Morgan fingerprint density at radius 1 is 1.64 bits per heavy atom. The van der Waals surface area contributed by atoms with Gasteiger partial charge in [-0.25, -0.2) is 0 Å². The molecule has 0 bridgehead atoms. The highest BCUT2D eigenvalue weighted by Gasteiger charge is 2.01. The smallest absolute Gasteiger partial charge is 0.0518 e. The molecule has 0 aliphatic heterocycles. The lowest BCUT2D eigenvalue weighted by Gasteiger charge is -2.10. The number of nitrogens with zero attached hydrogens (tertiary/aromatic N) is 2. The van der Waals surface area contributed by atoms with Crippen LogP contribution in [0.4, 0.5) is 0 Å². The molecule has 0 aliphatic rings.